The summed E-state index contributed by atoms with van der Waals surface area (Å²) in [4.78, 5) is 4.14. The molecular formula is C15H16BrFN2. The van der Waals surface area contributed by atoms with Crippen molar-refractivity contribution in [2.75, 3.05) is 7.05 Å². The Bertz CT molecular complexity index is 572. The summed E-state index contributed by atoms with van der Waals surface area (Å²) in [5, 5.41) is 3.17. The van der Waals surface area contributed by atoms with E-state index in [0.717, 1.165) is 10.0 Å². The number of nitrogens with zero attached hydrogens (tertiary/aromatic N) is 1. The molecule has 2 rings (SSSR count). The van der Waals surface area contributed by atoms with E-state index in [1.54, 1.807) is 19.2 Å². The largest absolute Gasteiger partial charge is 0.313 e. The van der Waals surface area contributed by atoms with Gasteiger partial charge in [-0.3, -0.25) is 4.98 Å². The Balaban J connectivity index is 2.28. The minimum atomic E-state index is -0.134. The molecule has 1 aromatic carbocycles. The molecule has 100 valence electrons. The summed E-state index contributed by atoms with van der Waals surface area (Å²) in [6.45, 7) is 1.78. The predicted octanol–water partition coefficient (Wildman–Crippen LogP) is 3.79. The Labute approximate surface area is 121 Å². The topological polar surface area (TPSA) is 24.9 Å². The first-order valence-electron chi connectivity index (χ1n) is 6.13. The lowest BCUT2D eigenvalue weighted by Gasteiger charge is -2.18. The first kappa shape index (κ1) is 14.2. The number of likely N-dealkylation sites (N-methyl/N-ethyl adjacent to an activating group) is 1. The molecule has 0 saturated carbocycles. The van der Waals surface area contributed by atoms with Gasteiger partial charge in [0.25, 0.3) is 0 Å². The maximum Gasteiger partial charge on any atom is 0.130 e. The lowest BCUT2D eigenvalue weighted by atomic mass is 9.98. The van der Waals surface area contributed by atoms with E-state index in [9.17, 15) is 4.39 Å². The van der Waals surface area contributed by atoms with Crippen LogP contribution in [-0.2, 0) is 6.42 Å². The molecule has 2 nitrogen and oxygen atoms in total. The Morgan fingerprint density at radius 2 is 2.16 bits per heavy atom. The average Bonchev–Trinajstić information content (AvgIpc) is 2.40. The van der Waals surface area contributed by atoms with Gasteiger partial charge < -0.3 is 5.32 Å². The highest BCUT2D eigenvalue weighted by Gasteiger charge is 2.15. The molecule has 1 aromatic heterocycles. The molecule has 0 saturated heterocycles. The molecule has 0 fully saturated rings. The summed E-state index contributed by atoms with van der Waals surface area (Å²) in [5.41, 5.74) is 2.43. The van der Waals surface area contributed by atoms with Crippen molar-refractivity contribution in [1.82, 2.24) is 10.3 Å². The molecule has 0 bridgehead atoms. The number of nitrogens with one attached hydrogen (secondary N) is 1. The lowest BCUT2D eigenvalue weighted by Crippen LogP contribution is -2.20. The van der Waals surface area contributed by atoms with Crippen LogP contribution in [0.2, 0.25) is 0 Å². The highest BCUT2D eigenvalue weighted by Crippen LogP contribution is 2.23. The fraction of sp³-hybridized carbons (Fsp3) is 0.267. The molecule has 19 heavy (non-hydrogen) atoms. The van der Waals surface area contributed by atoms with Gasteiger partial charge in [0.2, 0.25) is 0 Å². The van der Waals surface area contributed by atoms with Gasteiger partial charge in [0.05, 0.1) is 0 Å². The summed E-state index contributed by atoms with van der Waals surface area (Å²) >= 11 is 3.40. The normalized spacial score (nSPS) is 12.4. The molecule has 1 unspecified atom stereocenters. The summed E-state index contributed by atoms with van der Waals surface area (Å²) < 4.78 is 15.1. The maximum absolute atomic E-state index is 14.2. The Kier molecular flexibility index (Phi) is 4.66. The molecule has 0 amide bonds. The van der Waals surface area contributed by atoms with Crippen molar-refractivity contribution in [1.29, 1.82) is 0 Å². The van der Waals surface area contributed by atoms with Crippen LogP contribution in [0.15, 0.2) is 41.1 Å². The van der Waals surface area contributed by atoms with Crippen LogP contribution < -0.4 is 5.32 Å². The molecule has 1 N–H and O–H groups in total. The summed E-state index contributed by atoms with van der Waals surface area (Å²) in [6, 6.07) is 7.44. The second-order valence-electron chi connectivity index (χ2n) is 4.53. The van der Waals surface area contributed by atoms with Crippen molar-refractivity contribution in [2.24, 2.45) is 0 Å². The van der Waals surface area contributed by atoms with E-state index in [-0.39, 0.29) is 11.9 Å². The van der Waals surface area contributed by atoms with Crippen molar-refractivity contribution in [3.8, 4) is 0 Å². The second kappa shape index (κ2) is 6.26. The average molecular weight is 323 g/mol. The van der Waals surface area contributed by atoms with E-state index in [0.29, 0.717) is 17.5 Å². The van der Waals surface area contributed by atoms with Crippen LogP contribution in [0, 0.1) is 12.7 Å². The number of aryl methyl sites for hydroxylation is 1. The zero-order chi connectivity index (χ0) is 13.8. The van der Waals surface area contributed by atoms with E-state index in [1.165, 1.54) is 0 Å². The highest BCUT2D eigenvalue weighted by molar-refractivity contribution is 9.10. The molecule has 0 radical (unpaired) electrons. The van der Waals surface area contributed by atoms with E-state index in [2.05, 4.69) is 26.2 Å². The van der Waals surface area contributed by atoms with Gasteiger partial charge in [-0.25, -0.2) is 4.39 Å². The third kappa shape index (κ3) is 3.39. The van der Waals surface area contributed by atoms with Gasteiger partial charge in [-0.05, 0) is 53.5 Å². The number of rotatable bonds is 4. The van der Waals surface area contributed by atoms with Crippen molar-refractivity contribution < 1.29 is 4.39 Å². The fourth-order valence-corrected chi connectivity index (χ4v) is 2.52. The van der Waals surface area contributed by atoms with Gasteiger partial charge in [-0.1, -0.05) is 18.2 Å². The van der Waals surface area contributed by atoms with Crippen LogP contribution in [0.5, 0.6) is 0 Å². The van der Waals surface area contributed by atoms with Crippen LogP contribution >= 0.6 is 15.9 Å². The Morgan fingerprint density at radius 1 is 1.37 bits per heavy atom. The number of halogens is 2. The molecule has 0 aliphatic heterocycles. The fourth-order valence-electron chi connectivity index (χ4n) is 2.11. The van der Waals surface area contributed by atoms with Gasteiger partial charge in [0, 0.05) is 28.5 Å². The number of aromatic nitrogens is 1. The van der Waals surface area contributed by atoms with Crippen molar-refractivity contribution >= 4 is 15.9 Å². The second-order valence-corrected chi connectivity index (χ2v) is 5.45. The van der Waals surface area contributed by atoms with E-state index >= 15 is 0 Å². The summed E-state index contributed by atoms with van der Waals surface area (Å²) in [5.74, 6) is -0.134. The summed E-state index contributed by atoms with van der Waals surface area (Å²) in [7, 11) is 1.85. The quantitative estimate of drug-likeness (QED) is 0.926. The highest BCUT2D eigenvalue weighted by atomic mass is 79.9. The van der Waals surface area contributed by atoms with E-state index in [1.807, 2.05) is 31.4 Å². The first-order valence-corrected chi connectivity index (χ1v) is 6.93. The van der Waals surface area contributed by atoms with Crippen LogP contribution in [0.4, 0.5) is 4.39 Å². The van der Waals surface area contributed by atoms with Crippen LogP contribution in [0.3, 0.4) is 0 Å². The first-order chi connectivity index (χ1) is 9.11. The number of pyridine rings is 1. The van der Waals surface area contributed by atoms with Crippen LogP contribution in [0.25, 0.3) is 0 Å². The zero-order valence-corrected chi connectivity index (χ0v) is 12.5. The molecular weight excluding hydrogens is 307 g/mol. The van der Waals surface area contributed by atoms with Gasteiger partial charge in [-0.2, -0.15) is 0 Å². The zero-order valence-electron chi connectivity index (χ0n) is 11.0. The molecule has 0 aliphatic rings. The molecule has 0 aliphatic carbocycles. The minimum Gasteiger partial charge on any atom is -0.313 e. The van der Waals surface area contributed by atoms with Crippen molar-refractivity contribution in [3.63, 3.8) is 0 Å². The third-order valence-corrected chi connectivity index (χ3v) is 3.58. The van der Waals surface area contributed by atoms with Gasteiger partial charge in [0.1, 0.15) is 5.82 Å². The number of hydrogen-bond acceptors (Lipinski definition) is 2. The van der Waals surface area contributed by atoms with Crippen LogP contribution in [-0.4, -0.2) is 12.0 Å². The van der Waals surface area contributed by atoms with E-state index in [4.69, 9.17) is 0 Å². The third-order valence-electron chi connectivity index (χ3n) is 3.15. The van der Waals surface area contributed by atoms with Crippen molar-refractivity contribution in [2.45, 2.75) is 19.4 Å². The Hall–Kier alpha value is -1.26. The van der Waals surface area contributed by atoms with Gasteiger partial charge in [-0.15, -0.1) is 0 Å². The van der Waals surface area contributed by atoms with Gasteiger partial charge in [0.15, 0.2) is 0 Å². The van der Waals surface area contributed by atoms with Crippen molar-refractivity contribution in [3.05, 3.63) is 63.6 Å². The monoisotopic (exact) mass is 322 g/mol. The minimum absolute atomic E-state index is 0.0593. The number of hydrogen-bond donors (Lipinski definition) is 1. The molecule has 4 heteroatoms. The molecule has 1 heterocycles. The molecule has 2 aromatic rings. The predicted molar refractivity (Wildman–Crippen MR) is 78.6 cm³/mol. The Morgan fingerprint density at radius 3 is 2.84 bits per heavy atom. The maximum atomic E-state index is 14.2. The number of benzene rings is 1. The smallest absolute Gasteiger partial charge is 0.130 e. The molecule has 1 atom stereocenters. The van der Waals surface area contributed by atoms with Gasteiger partial charge >= 0.3 is 0 Å². The summed E-state index contributed by atoms with van der Waals surface area (Å²) in [6.07, 6.45) is 4.25. The standard InChI is InChI=1S/C15H16BrFN2/c1-10-4-3-5-13(15(10)17)14(18-2)7-11-6-12(16)9-19-8-11/h3-6,8-9,14,18H,7H2,1-2H3. The SMILES string of the molecule is CNC(Cc1cncc(Br)c1)c1cccc(C)c1F. The lowest BCUT2D eigenvalue weighted by molar-refractivity contribution is 0.529. The molecule has 0 spiro atoms. The van der Waals surface area contributed by atoms with E-state index < -0.39 is 0 Å². The van der Waals surface area contributed by atoms with Crippen LogP contribution in [0.1, 0.15) is 22.7 Å².